The van der Waals surface area contributed by atoms with Gasteiger partial charge >= 0.3 is 0 Å². The highest BCUT2D eigenvalue weighted by Crippen LogP contribution is 2.25. The number of fused-ring (bicyclic) bond motifs is 1. The van der Waals surface area contributed by atoms with Crippen LogP contribution in [0.5, 0.6) is 0 Å². The molecule has 3 rings (SSSR count). The molecule has 1 fully saturated rings. The van der Waals surface area contributed by atoms with Crippen molar-refractivity contribution in [1.82, 2.24) is 10.2 Å². The summed E-state index contributed by atoms with van der Waals surface area (Å²) in [6, 6.07) is 5.57. The molecule has 1 aliphatic rings. The predicted octanol–water partition coefficient (Wildman–Crippen LogP) is 1.92. The lowest BCUT2D eigenvalue weighted by molar-refractivity contribution is -0.133. The molecule has 1 N–H and O–H groups in total. The number of amides is 2. The van der Waals surface area contributed by atoms with Crippen molar-refractivity contribution in [3.8, 4) is 0 Å². The van der Waals surface area contributed by atoms with Crippen LogP contribution in [0.3, 0.4) is 0 Å². The highest BCUT2D eigenvalue weighted by molar-refractivity contribution is 6.00. The van der Waals surface area contributed by atoms with Crippen LogP contribution in [-0.4, -0.2) is 35.3 Å². The number of halogens is 1. The smallest absolute Gasteiger partial charge is 0.290 e. The Kier molecular flexibility index (Phi) is 2.97. The molecular weight excluding hydrogens is 275 g/mol. The first-order valence-corrected chi connectivity index (χ1v) is 6.69. The van der Waals surface area contributed by atoms with Crippen LogP contribution >= 0.6 is 0 Å². The van der Waals surface area contributed by atoms with Gasteiger partial charge in [0, 0.05) is 18.5 Å². The largest absolute Gasteiger partial charge is 0.451 e. The normalized spacial score (nSPS) is 17.9. The fourth-order valence-electron chi connectivity index (χ4n) is 2.51. The lowest BCUT2D eigenvalue weighted by Crippen LogP contribution is -2.63. The first-order valence-electron chi connectivity index (χ1n) is 6.69. The average molecular weight is 290 g/mol. The van der Waals surface area contributed by atoms with Gasteiger partial charge in [-0.3, -0.25) is 9.59 Å². The Labute approximate surface area is 120 Å². The first-order chi connectivity index (χ1) is 9.89. The fourth-order valence-corrected chi connectivity index (χ4v) is 2.51. The summed E-state index contributed by atoms with van der Waals surface area (Å²) in [4.78, 5) is 25.9. The van der Waals surface area contributed by atoms with Crippen molar-refractivity contribution in [3.63, 3.8) is 0 Å². The minimum absolute atomic E-state index is 0.110. The van der Waals surface area contributed by atoms with Crippen LogP contribution in [0.15, 0.2) is 28.7 Å². The van der Waals surface area contributed by atoms with Gasteiger partial charge in [0.15, 0.2) is 5.76 Å². The van der Waals surface area contributed by atoms with Crippen molar-refractivity contribution < 1.29 is 18.4 Å². The number of carbonyl (C=O) groups excluding carboxylic acids is 2. The van der Waals surface area contributed by atoms with Crippen LogP contribution in [0.2, 0.25) is 0 Å². The second-order valence-electron chi connectivity index (χ2n) is 5.56. The Morgan fingerprint density at radius 1 is 1.38 bits per heavy atom. The van der Waals surface area contributed by atoms with Crippen molar-refractivity contribution >= 4 is 22.8 Å². The maximum absolute atomic E-state index is 13.2. The van der Waals surface area contributed by atoms with Crippen molar-refractivity contribution in [3.05, 3.63) is 35.8 Å². The van der Waals surface area contributed by atoms with E-state index in [-0.39, 0.29) is 23.4 Å². The second-order valence-corrected chi connectivity index (χ2v) is 5.56. The van der Waals surface area contributed by atoms with Gasteiger partial charge in [-0.2, -0.15) is 0 Å². The summed E-state index contributed by atoms with van der Waals surface area (Å²) in [5, 5.41) is 3.26. The summed E-state index contributed by atoms with van der Waals surface area (Å²) in [7, 11) is 0. The third-order valence-electron chi connectivity index (χ3n) is 3.79. The molecule has 0 radical (unpaired) electrons. The van der Waals surface area contributed by atoms with Crippen LogP contribution in [0.1, 0.15) is 24.4 Å². The number of carbonyl (C=O) groups is 2. The molecule has 110 valence electrons. The average Bonchev–Trinajstić information content (AvgIpc) is 2.84. The van der Waals surface area contributed by atoms with Gasteiger partial charge in [0.1, 0.15) is 16.9 Å². The Morgan fingerprint density at radius 2 is 2.14 bits per heavy atom. The molecule has 0 aliphatic carbocycles. The van der Waals surface area contributed by atoms with E-state index in [0.717, 1.165) is 0 Å². The maximum atomic E-state index is 13.2. The molecule has 0 atom stereocenters. The minimum Gasteiger partial charge on any atom is -0.451 e. The van der Waals surface area contributed by atoms with Crippen LogP contribution < -0.4 is 5.32 Å². The number of hydrogen-bond donors (Lipinski definition) is 1. The van der Waals surface area contributed by atoms with E-state index in [1.807, 2.05) is 0 Å². The molecular formula is C15H15FN2O3. The highest BCUT2D eigenvalue weighted by atomic mass is 19.1. The molecule has 2 aromatic rings. The number of nitrogens with zero attached hydrogens (tertiary/aromatic N) is 1. The molecule has 1 aromatic carbocycles. The number of nitrogens with one attached hydrogen (secondary N) is 1. The lowest BCUT2D eigenvalue weighted by Gasteiger charge is -2.40. The van der Waals surface area contributed by atoms with Crippen LogP contribution in [0.4, 0.5) is 4.39 Å². The molecule has 1 saturated heterocycles. The topological polar surface area (TPSA) is 62.6 Å². The zero-order chi connectivity index (χ0) is 15.2. The Balaban J connectivity index is 1.98. The summed E-state index contributed by atoms with van der Waals surface area (Å²) >= 11 is 0. The molecule has 1 aromatic heterocycles. The Bertz CT molecular complexity index is 736. The van der Waals surface area contributed by atoms with E-state index in [1.54, 1.807) is 13.8 Å². The van der Waals surface area contributed by atoms with Gasteiger partial charge in [0.05, 0.1) is 0 Å². The van der Waals surface area contributed by atoms with Crippen molar-refractivity contribution in [1.29, 1.82) is 0 Å². The molecule has 5 nitrogen and oxygen atoms in total. The summed E-state index contributed by atoms with van der Waals surface area (Å²) < 4.78 is 18.7. The van der Waals surface area contributed by atoms with E-state index in [0.29, 0.717) is 24.1 Å². The van der Waals surface area contributed by atoms with E-state index in [9.17, 15) is 14.0 Å². The number of benzene rings is 1. The lowest BCUT2D eigenvalue weighted by atomic mass is 9.98. The standard InChI is InChI=1S/C15H15FN2O3/c1-15(2)14(20)17-5-6-18(15)13(19)12-8-9-7-10(16)3-4-11(9)21-12/h3-4,7-8H,5-6H2,1-2H3,(H,17,20). The molecule has 0 spiro atoms. The van der Waals surface area contributed by atoms with Crippen molar-refractivity contribution in [2.24, 2.45) is 0 Å². The van der Waals surface area contributed by atoms with Crippen LogP contribution in [-0.2, 0) is 4.79 Å². The van der Waals surface area contributed by atoms with Gasteiger partial charge < -0.3 is 14.6 Å². The number of piperazine rings is 1. The fraction of sp³-hybridized carbons (Fsp3) is 0.333. The molecule has 6 heteroatoms. The zero-order valence-corrected chi connectivity index (χ0v) is 11.8. The third-order valence-corrected chi connectivity index (χ3v) is 3.79. The van der Waals surface area contributed by atoms with Gasteiger partial charge in [-0.25, -0.2) is 4.39 Å². The summed E-state index contributed by atoms with van der Waals surface area (Å²) in [6.45, 7) is 4.18. The number of hydrogen-bond acceptors (Lipinski definition) is 3. The van der Waals surface area contributed by atoms with Crippen molar-refractivity contribution in [2.45, 2.75) is 19.4 Å². The van der Waals surface area contributed by atoms with Crippen LogP contribution in [0, 0.1) is 5.82 Å². The molecule has 2 heterocycles. The van der Waals surface area contributed by atoms with E-state index >= 15 is 0 Å². The highest BCUT2D eigenvalue weighted by Gasteiger charge is 2.41. The SMILES string of the molecule is CC1(C)C(=O)NCCN1C(=O)c1cc2cc(F)ccc2o1. The number of rotatable bonds is 1. The second kappa shape index (κ2) is 4.58. The summed E-state index contributed by atoms with van der Waals surface area (Å²) in [5.41, 5.74) is -0.501. The molecule has 0 saturated carbocycles. The summed E-state index contributed by atoms with van der Waals surface area (Å²) in [5.74, 6) is -0.853. The molecule has 21 heavy (non-hydrogen) atoms. The molecule has 1 aliphatic heterocycles. The molecule has 0 unspecified atom stereocenters. The predicted molar refractivity (Wildman–Crippen MR) is 74.3 cm³/mol. The first kappa shape index (κ1) is 13.6. The van der Waals surface area contributed by atoms with E-state index in [4.69, 9.17) is 4.42 Å². The summed E-state index contributed by atoms with van der Waals surface area (Å²) in [6.07, 6.45) is 0. The third kappa shape index (κ3) is 2.16. The van der Waals surface area contributed by atoms with Gasteiger partial charge in [-0.15, -0.1) is 0 Å². The molecule has 0 bridgehead atoms. The van der Waals surface area contributed by atoms with Gasteiger partial charge in [0.25, 0.3) is 5.91 Å². The Morgan fingerprint density at radius 3 is 2.90 bits per heavy atom. The minimum atomic E-state index is -0.945. The van der Waals surface area contributed by atoms with Crippen molar-refractivity contribution in [2.75, 3.05) is 13.1 Å². The monoisotopic (exact) mass is 290 g/mol. The van der Waals surface area contributed by atoms with E-state index in [1.165, 1.54) is 29.2 Å². The van der Waals surface area contributed by atoms with Gasteiger partial charge in [-0.1, -0.05) is 0 Å². The molecule has 2 amide bonds. The zero-order valence-electron chi connectivity index (χ0n) is 11.8. The quantitative estimate of drug-likeness (QED) is 0.873. The van der Waals surface area contributed by atoms with Gasteiger partial charge in [0.2, 0.25) is 5.91 Å². The van der Waals surface area contributed by atoms with E-state index in [2.05, 4.69) is 5.32 Å². The maximum Gasteiger partial charge on any atom is 0.290 e. The van der Waals surface area contributed by atoms with E-state index < -0.39 is 5.54 Å². The Hall–Kier alpha value is -2.37. The van der Waals surface area contributed by atoms with Crippen LogP contribution in [0.25, 0.3) is 11.0 Å². The van der Waals surface area contributed by atoms with Gasteiger partial charge in [-0.05, 0) is 38.1 Å². The number of furan rings is 1.